The molecule has 0 unspecified atom stereocenters. The molecule has 0 atom stereocenters. The maximum atomic E-state index is 6.00. The minimum atomic E-state index is 0.186. The van der Waals surface area contributed by atoms with Crippen LogP contribution in [0.5, 0.6) is 0 Å². The van der Waals surface area contributed by atoms with Crippen LogP contribution < -0.4 is 5.32 Å². The van der Waals surface area contributed by atoms with Gasteiger partial charge in [-0.3, -0.25) is 0 Å². The fraction of sp³-hybridized carbons (Fsp3) is 0. The molecule has 0 saturated carbocycles. The van der Waals surface area contributed by atoms with E-state index in [-0.39, 0.29) is 5.28 Å². The molecule has 3 nitrogen and oxygen atoms in total. The highest BCUT2D eigenvalue weighted by Gasteiger charge is 2.07. The fourth-order valence-electron chi connectivity index (χ4n) is 1.85. The molecule has 2 aromatic carbocycles. The van der Waals surface area contributed by atoms with E-state index in [1.807, 2.05) is 30.3 Å². The average molecular weight is 325 g/mol. The van der Waals surface area contributed by atoms with Crippen molar-refractivity contribution in [3.63, 3.8) is 0 Å². The average Bonchev–Trinajstić information content (AvgIpc) is 2.43. The highest BCUT2D eigenvalue weighted by atomic mass is 35.5. The van der Waals surface area contributed by atoms with Gasteiger partial charge in [0.25, 0.3) is 0 Å². The highest BCUT2D eigenvalue weighted by molar-refractivity contribution is 6.42. The molecule has 0 saturated heterocycles. The summed E-state index contributed by atoms with van der Waals surface area (Å²) in [6.07, 6.45) is 0. The molecule has 0 fully saturated rings. The van der Waals surface area contributed by atoms with Gasteiger partial charge in [-0.25, -0.2) is 4.98 Å². The largest absolute Gasteiger partial charge is 0.340 e. The summed E-state index contributed by atoms with van der Waals surface area (Å²) in [6.45, 7) is 0. The van der Waals surface area contributed by atoms with Crippen molar-refractivity contribution in [1.29, 1.82) is 0 Å². The zero-order chi connectivity index (χ0) is 14.1. The standard InChI is InChI=1S/C14H8Cl3N3/c15-10-6-5-8(7-11(10)16)18-13-9-3-1-2-4-12(9)19-14(17)20-13/h1-7H,(H,18,19,20). The second kappa shape index (κ2) is 5.44. The quantitative estimate of drug-likeness (QED) is 0.647. The first kappa shape index (κ1) is 13.4. The van der Waals surface area contributed by atoms with E-state index in [1.165, 1.54) is 0 Å². The van der Waals surface area contributed by atoms with Crippen molar-refractivity contribution >= 4 is 57.2 Å². The Morgan fingerprint density at radius 2 is 1.65 bits per heavy atom. The molecule has 0 spiro atoms. The summed E-state index contributed by atoms with van der Waals surface area (Å²) < 4.78 is 0. The molecule has 1 heterocycles. The number of rotatable bonds is 2. The summed E-state index contributed by atoms with van der Waals surface area (Å²) in [6, 6.07) is 12.9. The summed E-state index contributed by atoms with van der Waals surface area (Å²) in [4.78, 5) is 8.39. The lowest BCUT2D eigenvalue weighted by atomic mass is 10.2. The predicted molar refractivity (Wildman–Crippen MR) is 84.3 cm³/mol. The van der Waals surface area contributed by atoms with Crippen molar-refractivity contribution in [3.8, 4) is 0 Å². The van der Waals surface area contributed by atoms with Gasteiger partial charge in [-0.05, 0) is 41.9 Å². The molecule has 0 radical (unpaired) electrons. The summed E-state index contributed by atoms with van der Waals surface area (Å²) in [5.41, 5.74) is 1.55. The van der Waals surface area contributed by atoms with Crippen molar-refractivity contribution < 1.29 is 0 Å². The lowest BCUT2D eigenvalue weighted by molar-refractivity contribution is 1.22. The summed E-state index contributed by atoms with van der Waals surface area (Å²) in [7, 11) is 0. The van der Waals surface area contributed by atoms with Gasteiger partial charge >= 0.3 is 0 Å². The molecule has 0 aliphatic rings. The minimum Gasteiger partial charge on any atom is -0.340 e. The monoisotopic (exact) mass is 323 g/mol. The zero-order valence-electron chi connectivity index (χ0n) is 10.1. The normalized spacial score (nSPS) is 10.8. The Morgan fingerprint density at radius 1 is 0.850 bits per heavy atom. The Labute approximate surface area is 130 Å². The molecule has 0 aliphatic carbocycles. The van der Waals surface area contributed by atoms with Crippen LogP contribution >= 0.6 is 34.8 Å². The third-order valence-electron chi connectivity index (χ3n) is 2.76. The third kappa shape index (κ3) is 2.66. The SMILES string of the molecule is Clc1nc(Nc2ccc(Cl)c(Cl)c2)c2ccccc2n1. The number of halogens is 3. The summed E-state index contributed by atoms with van der Waals surface area (Å²) in [5, 5.41) is 5.22. The van der Waals surface area contributed by atoms with Gasteiger partial charge in [-0.1, -0.05) is 35.3 Å². The van der Waals surface area contributed by atoms with Crippen molar-refractivity contribution in [2.24, 2.45) is 0 Å². The van der Waals surface area contributed by atoms with Crippen LogP contribution in [-0.4, -0.2) is 9.97 Å². The Hall–Kier alpha value is -1.55. The molecule has 20 heavy (non-hydrogen) atoms. The van der Waals surface area contributed by atoms with Gasteiger partial charge in [0.2, 0.25) is 5.28 Å². The minimum absolute atomic E-state index is 0.186. The molecule has 1 N–H and O–H groups in total. The lowest BCUT2D eigenvalue weighted by Crippen LogP contribution is -1.97. The zero-order valence-corrected chi connectivity index (χ0v) is 12.3. The summed E-state index contributed by atoms with van der Waals surface area (Å²) in [5.74, 6) is 0.624. The number of para-hydroxylation sites is 1. The van der Waals surface area contributed by atoms with Crippen LogP contribution in [0.25, 0.3) is 10.9 Å². The van der Waals surface area contributed by atoms with Crippen LogP contribution in [0.4, 0.5) is 11.5 Å². The molecular weight excluding hydrogens is 317 g/mol. The van der Waals surface area contributed by atoms with Gasteiger partial charge in [0, 0.05) is 11.1 Å². The van der Waals surface area contributed by atoms with Crippen molar-refractivity contribution in [1.82, 2.24) is 9.97 Å². The van der Waals surface area contributed by atoms with E-state index in [0.29, 0.717) is 15.9 Å². The molecule has 6 heteroatoms. The Kier molecular flexibility index (Phi) is 3.66. The number of hydrogen-bond donors (Lipinski definition) is 1. The predicted octanol–water partition coefficient (Wildman–Crippen LogP) is 5.33. The van der Waals surface area contributed by atoms with Crippen LogP contribution in [0.1, 0.15) is 0 Å². The van der Waals surface area contributed by atoms with Gasteiger partial charge in [0.1, 0.15) is 5.82 Å². The van der Waals surface area contributed by atoms with Crippen LogP contribution in [0.15, 0.2) is 42.5 Å². The van der Waals surface area contributed by atoms with Crippen LogP contribution in [0.2, 0.25) is 15.3 Å². The van der Waals surface area contributed by atoms with E-state index in [9.17, 15) is 0 Å². The first-order valence-corrected chi connectivity index (χ1v) is 6.91. The number of aromatic nitrogens is 2. The van der Waals surface area contributed by atoms with E-state index < -0.39 is 0 Å². The Balaban J connectivity index is 2.07. The number of anilines is 2. The molecule has 1 aromatic heterocycles. The highest BCUT2D eigenvalue weighted by Crippen LogP contribution is 2.29. The second-order valence-corrected chi connectivity index (χ2v) is 5.26. The smallest absolute Gasteiger partial charge is 0.224 e. The fourth-order valence-corrected chi connectivity index (χ4v) is 2.33. The lowest BCUT2D eigenvalue weighted by Gasteiger charge is -2.09. The topological polar surface area (TPSA) is 37.8 Å². The number of hydrogen-bond acceptors (Lipinski definition) is 3. The molecule has 100 valence electrons. The maximum absolute atomic E-state index is 6.00. The van der Waals surface area contributed by atoms with Crippen molar-refractivity contribution in [2.45, 2.75) is 0 Å². The van der Waals surface area contributed by atoms with E-state index in [4.69, 9.17) is 34.8 Å². The third-order valence-corrected chi connectivity index (χ3v) is 3.67. The first-order valence-electron chi connectivity index (χ1n) is 5.78. The second-order valence-electron chi connectivity index (χ2n) is 4.11. The first-order chi connectivity index (χ1) is 9.63. The van der Waals surface area contributed by atoms with Gasteiger partial charge in [-0.2, -0.15) is 4.98 Å². The summed E-state index contributed by atoms with van der Waals surface area (Å²) >= 11 is 17.8. The van der Waals surface area contributed by atoms with E-state index in [0.717, 1.165) is 16.6 Å². The Morgan fingerprint density at radius 3 is 2.45 bits per heavy atom. The molecule has 0 aliphatic heterocycles. The molecule has 3 rings (SSSR count). The Bertz CT molecular complexity index is 790. The van der Waals surface area contributed by atoms with E-state index >= 15 is 0 Å². The van der Waals surface area contributed by atoms with Crippen molar-refractivity contribution in [3.05, 3.63) is 57.8 Å². The van der Waals surface area contributed by atoms with Crippen LogP contribution in [0.3, 0.4) is 0 Å². The van der Waals surface area contributed by atoms with Crippen LogP contribution in [-0.2, 0) is 0 Å². The number of fused-ring (bicyclic) bond motifs is 1. The number of benzene rings is 2. The van der Waals surface area contributed by atoms with Crippen LogP contribution in [0, 0.1) is 0 Å². The van der Waals surface area contributed by atoms with Gasteiger partial charge < -0.3 is 5.32 Å². The molecular formula is C14H8Cl3N3. The molecule has 0 bridgehead atoms. The van der Waals surface area contributed by atoms with Gasteiger partial charge in [0.05, 0.1) is 15.6 Å². The van der Waals surface area contributed by atoms with Crippen molar-refractivity contribution in [2.75, 3.05) is 5.32 Å². The molecule has 0 amide bonds. The maximum Gasteiger partial charge on any atom is 0.224 e. The van der Waals surface area contributed by atoms with Gasteiger partial charge in [0.15, 0.2) is 0 Å². The number of nitrogens with zero attached hydrogens (tertiary/aromatic N) is 2. The van der Waals surface area contributed by atoms with E-state index in [2.05, 4.69) is 15.3 Å². The van der Waals surface area contributed by atoms with Gasteiger partial charge in [-0.15, -0.1) is 0 Å². The van der Waals surface area contributed by atoms with E-state index in [1.54, 1.807) is 12.1 Å². The molecule has 3 aromatic rings. The number of nitrogens with one attached hydrogen (secondary N) is 1.